The molecule has 0 spiro atoms. The predicted molar refractivity (Wildman–Crippen MR) is 68.5 cm³/mol. The minimum atomic E-state index is -0.335. The van der Waals surface area contributed by atoms with Gasteiger partial charge in [0.25, 0.3) is 0 Å². The minimum absolute atomic E-state index is 0.00277. The van der Waals surface area contributed by atoms with Gasteiger partial charge in [-0.3, -0.25) is 4.79 Å². The number of hydrogen-bond acceptors (Lipinski definition) is 4. The van der Waals surface area contributed by atoms with Crippen LogP contribution in [0.4, 0.5) is 5.82 Å². The Labute approximate surface area is 106 Å². The largest absolute Gasteiger partial charge is 0.393 e. The second-order valence-corrected chi connectivity index (χ2v) is 4.78. The number of nitrogens with one attached hydrogen (secondary N) is 1. The van der Waals surface area contributed by atoms with Gasteiger partial charge >= 0.3 is 0 Å². The number of nitrogen functional groups attached to an aromatic ring is 1. The van der Waals surface area contributed by atoms with Gasteiger partial charge in [-0.1, -0.05) is 12.5 Å². The van der Waals surface area contributed by atoms with Crippen LogP contribution in [0, 0.1) is 5.92 Å². The van der Waals surface area contributed by atoms with Crippen LogP contribution in [0.5, 0.6) is 0 Å². The van der Waals surface area contributed by atoms with E-state index in [1.807, 2.05) is 6.07 Å². The molecule has 2 atom stereocenters. The highest BCUT2D eigenvalue weighted by Crippen LogP contribution is 2.24. The molecule has 1 amide bonds. The van der Waals surface area contributed by atoms with Crippen molar-refractivity contribution in [1.82, 2.24) is 10.3 Å². The Balaban J connectivity index is 1.86. The lowest BCUT2D eigenvalue weighted by molar-refractivity contribution is -0.127. The quantitative estimate of drug-likeness (QED) is 0.740. The van der Waals surface area contributed by atoms with Gasteiger partial charge in [0.05, 0.1) is 6.10 Å². The zero-order chi connectivity index (χ0) is 13.0. The molecule has 18 heavy (non-hydrogen) atoms. The fourth-order valence-electron chi connectivity index (χ4n) is 2.33. The molecule has 5 nitrogen and oxygen atoms in total. The van der Waals surface area contributed by atoms with Gasteiger partial charge in [0.1, 0.15) is 5.82 Å². The van der Waals surface area contributed by atoms with Crippen molar-refractivity contribution in [2.24, 2.45) is 5.92 Å². The van der Waals surface area contributed by atoms with Crippen LogP contribution in [0.2, 0.25) is 0 Å². The summed E-state index contributed by atoms with van der Waals surface area (Å²) in [5.41, 5.74) is 6.53. The Bertz CT molecular complexity index is 422. The highest BCUT2D eigenvalue weighted by atomic mass is 16.3. The summed E-state index contributed by atoms with van der Waals surface area (Å²) in [7, 11) is 0. The Kier molecular flexibility index (Phi) is 4.15. The fourth-order valence-corrected chi connectivity index (χ4v) is 2.33. The summed E-state index contributed by atoms with van der Waals surface area (Å²) in [4.78, 5) is 15.9. The van der Waals surface area contributed by atoms with Gasteiger partial charge in [0.15, 0.2) is 0 Å². The number of nitrogens with zero attached hydrogens (tertiary/aromatic N) is 1. The Morgan fingerprint density at radius 2 is 2.39 bits per heavy atom. The first-order chi connectivity index (χ1) is 8.66. The third-order valence-corrected chi connectivity index (χ3v) is 3.40. The van der Waals surface area contributed by atoms with Gasteiger partial charge in [0.2, 0.25) is 5.91 Å². The summed E-state index contributed by atoms with van der Waals surface area (Å²) in [6, 6.07) is 3.64. The predicted octanol–water partition coefficient (Wildman–Crippen LogP) is 0.831. The molecule has 1 saturated carbocycles. The average molecular weight is 249 g/mol. The summed E-state index contributed by atoms with van der Waals surface area (Å²) in [6.07, 6.45) is 4.42. The molecule has 0 radical (unpaired) electrons. The smallest absolute Gasteiger partial charge is 0.223 e. The van der Waals surface area contributed by atoms with Crippen molar-refractivity contribution in [1.29, 1.82) is 0 Å². The van der Waals surface area contributed by atoms with Crippen molar-refractivity contribution in [2.45, 2.75) is 38.3 Å². The molecule has 98 valence electrons. The van der Waals surface area contributed by atoms with Gasteiger partial charge in [-0.05, 0) is 25.3 Å². The number of pyridine rings is 1. The highest BCUT2D eigenvalue weighted by molar-refractivity contribution is 5.78. The van der Waals surface area contributed by atoms with E-state index >= 15 is 0 Å². The maximum atomic E-state index is 11.9. The first kappa shape index (κ1) is 12.8. The molecule has 1 aromatic heterocycles. The number of carbonyl (C=O) groups is 1. The van der Waals surface area contributed by atoms with Gasteiger partial charge in [-0.15, -0.1) is 0 Å². The standard InChI is InChI=1S/C13H19N3O2/c14-12-10(4-2-6-15-12)8-16-13(18)9-3-1-5-11(17)7-9/h2,4,6,9,11,17H,1,3,5,7-8H2,(H2,14,15)(H,16,18)/t9-,11+/m0/s1. The van der Waals surface area contributed by atoms with Crippen LogP contribution in [0.3, 0.4) is 0 Å². The van der Waals surface area contributed by atoms with E-state index in [2.05, 4.69) is 10.3 Å². The highest BCUT2D eigenvalue weighted by Gasteiger charge is 2.25. The summed E-state index contributed by atoms with van der Waals surface area (Å²) in [5.74, 6) is 0.366. The Morgan fingerprint density at radius 1 is 1.56 bits per heavy atom. The number of carbonyl (C=O) groups excluding carboxylic acids is 1. The molecule has 1 fully saturated rings. The molecule has 1 aromatic rings. The van der Waals surface area contributed by atoms with Crippen LogP contribution in [-0.4, -0.2) is 22.1 Å². The van der Waals surface area contributed by atoms with Crippen molar-refractivity contribution in [2.75, 3.05) is 5.73 Å². The SMILES string of the molecule is Nc1ncccc1CNC(=O)[C@H]1CCC[C@@H](O)C1. The van der Waals surface area contributed by atoms with Crippen LogP contribution >= 0.6 is 0 Å². The Morgan fingerprint density at radius 3 is 3.11 bits per heavy atom. The van der Waals surface area contributed by atoms with Crippen LogP contribution in [0.25, 0.3) is 0 Å². The number of amides is 1. The lowest BCUT2D eigenvalue weighted by atomic mass is 9.86. The molecular weight excluding hydrogens is 230 g/mol. The van der Waals surface area contributed by atoms with E-state index in [1.165, 1.54) is 0 Å². The van der Waals surface area contributed by atoms with Crippen LogP contribution in [-0.2, 0) is 11.3 Å². The molecule has 0 saturated heterocycles. The second-order valence-electron chi connectivity index (χ2n) is 4.78. The molecule has 2 rings (SSSR count). The number of hydrogen-bond donors (Lipinski definition) is 3. The van der Waals surface area contributed by atoms with Crippen LogP contribution < -0.4 is 11.1 Å². The number of anilines is 1. The third kappa shape index (κ3) is 3.20. The van der Waals surface area contributed by atoms with Crippen LogP contribution in [0.1, 0.15) is 31.2 Å². The number of nitrogens with two attached hydrogens (primary N) is 1. The van der Waals surface area contributed by atoms with Crippen LogP contribution in [0.15, 0.2) is 18.3 Å². The van der Waals surface area contributed by atoms with E-state index < -0.39 is 0 Å². The summed E-state index contributed by atoms with van der Waals surface area (Å²) in [5, 5.41) is 12.4. The zero-order valence-electron chi connectivity index (χ0n) is 10.3. The maximum absolute atomic E-state index is 11.9. The van der Waals surface area contributed by atoms with E-state index in [-0.39, 0.29) is 17.9 Å². The normalized spacial score (nSPS) is 23.6. The lowest BCUT2D eigenvalue weighted by Crippen LogP contribution is -2.34. The van der Waals surface area contributed by atoms with E-state index in [4.69, 9.17) is 5.73 Å². The molecule has 1 aliphatic rings. The number of rotatable bonds is 3. The molecule has 1 heterocycles. The first-order valence-corrected chi connectivity index (χ1v) is 6.32. The molecular formula is C13H19N3O2. The maximum Gasteiger partial charge on any atom is 0.223 e. The monoisotopic (exact) mass is 249 g/mol. The van der Waals surface area contributed by atoms with E-state index in [0.29, 0.717) is 18.8 Å². The summed E-state index contributed by atoms with van der Waals surface area (Å²) < 4.78 is 0. The van der Waals surface area contributed by atoms with Crippen molar-refractivity contribution >= 4 is 11.7 Å². The van der Waals surface area contributed by atoms with E-state index in [1.54, 1.807) is 12.3 Å². The summed E-state index contributed by atoms with van der Waals surface area (Å²) in [6.45, 7) is 0.394. The zero-order valence-corrected chi connectivity index (χ0v) is 10.3. The summed E-state index contributed by atoms with van der Waals surface area (Å²) >= 11 is 0. The van der Waals surface area contributed by atoms with Crippen molar-refractivity contribution < 1.29 is 9.90 Å². The topological polar surface area (TPSA) is 88.2 Å². The van der Waals surface area contributed by atoms with E-state index in [0.717, 1.165) is 24.8 Å². The number of aliphatic hydroxyl groups excluding tert-OH is 1. The molecule has 0 unspecified atom stereocenters. The molecule has 4 N–H and O–H groups in total. The minimum Gasteiger partial charge on any atom is -0.393 e. The lowest BCUT2D eigenvalue weighted by Gasteiger charge is -2.24. The molecule has 0 bridgehead atoms. The van der Waals surface area contributed by atoms with Crippen molar-refractivity contribution in [3.05, 3.63) is 23.9 Å². The number of aliphatic hydroxyl groups is 1. The van der Waals surface area contributed by atoms with Gasteiger partial charge in [-0.25, -0.2) is 4.98 Å². The average Bonchev–Trinajstić information content (AvgIpc) is 2.37. The van der Waals surface area contributed by atoms with Crippen molar-refractivity contribution in [3.63, 3.8) is 0 Å². The molecule has 0 aliphatic heterocycles. The van der Waals surface area contributed by atoms with Gasteiger partial charge < -0.3 is 16.2 Å². The van der Waals surface area contributed by atoms with Gasteiger partial charge in [-0.2, -0.15) is 0 Å². The third-order valence-electron chi connectivity index (χ3n) is 3.40. The Hall–Kier alpha value is -1.62. The van der Waals surface area contributed by atoms with E-state index in [9.17, 15) is 9.90 Å². The molecule has 0 aromatic carbocycles. The fraction of sp³-hybridized carbons (Fsp3) is 0.538. The molecule has 5 heteroatoms. The van der Waals surface area contributed by atoms with Gasteiger partial charge in [0, 0.05) is 24.2 Å². The first-order valence-electron chi connectivity index (χ1n) is 6.32. The molecule has 1 aliphatic carbocycles. The second kappa shape index (κ2) is 5.82. The number of aromatic nitrogens is 1. The van der Waals surface area contributed by atoms with Crippen molar-refractivity contribution in [3.8, 4) is 0 Å².